The lowest BCUT2D eigenvalue weighted by Gasteiger charge is -2.15. The van der Waals surface area contributed by atoms with Crippen molar-refractivity contribution in [3.05, 3.63) is 48.5 Å². The van der Waals surface area contributed by atoms with Gasteiger partial charge in [0.15, 0.2) is 17.6 Å². The summed E-state index contributed by atoms with van der Waals surface area (Å²) in [6, 6.07) is 14.6. The number of carbonyl (C=O) groups excluding carboxylic acids is 1. The number of methoxy groups -OCH3 is 2. The average Bonchev–Trinajstić information content (AvgIpc) is 3.16. The van der Waals surface area contributed by atoms with Crippen molar-refractivity contribution in [2.75, 3.05) is 19.5 Å². The minimum Gasteiger partial charge on any atom is -0.497 e. The van der Waals surface area contributed by atoms with E-state index in [1.807, 2.05) is 36.4 Å². The molecule has 0 aliphatic carbocycles. The molecular formula is C19H19N3O4S. The van der Waals surface area contributed by atoms with Crippen LogP contribution in [0.1, 0.15) is 6.92 Å². The lowest BCUT2D eigenvalue weighted by atomic mass is 10.2. The summed E-state index contributed by atoms with van der Waals surface area (Å²) in [6.45, 7) is 1.66. The molecule has 8 heteroatoms. The van der Waals surface area contributed by atoms with Gasteiger partial charge in [-0.25, -0.2) is 0 Å². The highest BCUT2D eigenvalue weighted by atomic mass is 32.1. The van der Waals surface area contributed by atoms with Crippen LogP contribution in [0.2, 0.25) is 0 Å². The number of hydrogen-bond acceptors (Lipinski definition) is 7. The number of rotatable bonds is 7. The minimum atomic E-state index is -0.727. The average molecular weight is 385 g/mol. The molecule has 1 amide bonds. The van der Waals surface area contributed by atoms with Gasteiger partial charge in [0, 0.05) is 5.56 Å². The van der Waals surface area contributed by atoms with Crippen molar-refractivity contribution in [2.24, 2.45) is 0 Å². The first-order valence-corrected chi connectivity index (χ1v) is 9.01. The molecule has 140 valence electrons. The van der Waals surface area contributed by atoms with E-state index in [1.54, 1.807) is 33.3 Å². The fourth-order valence-corrected chi connectivity index (χ4v) is 3.04. The Morgan fingerprint density at radius 2 is 1.70 bits per heavy atom. The molecule has 0 spiro atoms. The summed E-state index contributed by atoms with van der Waals surface area (Å²) >= 11 is 1.28. The first-order chi connectivity index (χ1) is 13.1. The second-order valence-corrected chi connectivity index (χ2v) is 6.52. The van der Waals surface area contributed by atoms with Crippen LogP contribution in [0, 0.1) is 0 Å². The molecule has 3 aromatic rings. The second-order valence-electron chi connectivity index (χ2n) is 5.54. The fourth-order valence-electron chi connectivity index (χ4n) is 2.29. The number of ether oxygens (including phenoxy) is 3. The molecule has 2 aromatic carbocycles. The molecule has 3 rings (SSSR count). The van der Waals surface area contributed by atoms with E-state index in [1.165, 1.54) is 11.3 Å². The number of amides is 1. The minimum absolute atomic E-state index is 0.321. The highest BCUT2D eigenvalue weighted by Crippen LogP contribution is 2.29. The first-order valence-electron chi connectivity index (χ1n) is 8.19. The summed E-state index contributed by atoms with van der Waals surface area (Å²) in [6.07, 6.45) is -0.727. The summed E-state index contributed by atoms with van der Waals surface area (Å²) < 4.78 is 16.1. The molecule has 7 nitrogen and oxygen atoms in total. The predicted molar refractivity (Wildman–Crippen MR) is 104 cm³/mol. The van der Waals surface area contributed by atoms with Crippen LogP contribution in [-0.2, 0) is 4.79 Å². The standard InChI is InChI=1S/C19H19N3O4S/c1-12(26-16-7-5-4-6-15(16)25-3)17(23)20-19-22-21-18(27-19)13-8-10-14(24-2)11-9-13/h4-12H,1-3H3,(H,20,22,23). The topological polar surface area (TPSA) is 82.6 Å². The number of carbonyl (C=O) groups is 1. The number of nitrogens with one attached hydrogen (secondary N) is 1. The molecule has 1 aromatic heterocycles. The number of benzene rings is 2. The molecule has 0 saturated carbocycles. The zero-order valence-electron chi connectivity index (χ0n) is 15.1. The van der Waals surface area contributed by atoms with Crippen molar-refractivity contribution in [1.29, 1.82) is 0 Å². The SMILES string of the molecule is COc1ccc(-c2nnc(NC(=O)C(C)Oc3ccccc3OC)s2)cc1. The molecule has 1 unspecified atom stereocenters. The van der Waals surface area contributed by atoms with Gasteiger partial charge in [-0.15, -0.1) is 10.2 Å². The Kier molecular flexibility index (Phi) is 5.87. The van der Waals surface area contributed by atoms with E-state index in [0.29, 0.717) is 21.6 Å². The molecule has 1 atom stereocenters. The molecular weight excluding hydrogens is 366 g/mol. The van der Waals surface area contributed by atoms with E-state index in [0.717, 1.165) is 11.3 Å². The molecule has 1 N–H and O–H groups in total. The van der Waals surface area contributed by atoms with Crippen LogP contribution in [0.4, 0.5) is 5.13 Å². The first kappa shape index (κ1) is 18.7. The Bertz CT molecular complexity index is 911. The van der Waals surface area contributed by atoms with E-state index in [2.05, 4.69) is 15.5 Å². The maximum atomic E-state index is 12.4. The quantitative estimate of drug-likeness (QED) is 0.669. The van der Waals surface area contributed by atoms with Crippen molar-refractivity contribution < 1.29 is 19.0 Å². The third kappa shape index (κ3) is 4.53. The van der Waals surface area contributed by atoms with Crippen molar-refractivity contribution in [2.45, 2.75) is 13.0 Å². The number of aromatic nitrogens is 2. The Hall–Kier alpha value is -3.13. The van der Waals surface area contributed by atoms with Crippen molar-refractivity contribution >= 4 is 22.4 Å². The number of anilines is 1. The molecule has 0 aliphatic heterocycles. The van der Waals surface area contributed by atoms with Crippen molar-refractivity contribution in [3.63, 3.8) is 0 Å². The van der Waals surface area contributed by atoms with Gasteiger partial charge in [0.2, 0.25) is 5.13 Å². The van der Waals surface area contributed by atoms with E-state index >= 15 is 0 Å². The second kappa shape index (κ2) is 8.50. The monoisotopic (exact) mass is 385 g/mol. The molecule has 0 radical (unpaired) electrons. The summed E-state index contributed by atoms with van der Waals surface area (Å²) in [5, 5.41) is 12.0. The highest BCUT2D eigenvalue weighted by molar-refractivity contribution is 7.18. The van der Waals surface area contributed by atoms with Gasteiger partial charge < -0.3 is 14.2 Å². The molecule has 1 heterocycles. The van der Waals surface area contributed by atoms with Gasteiger partial charge in [0.1, 0.15) is 10.8 Å². The van der Waals surface area contributed by atoms with Crippen LogP contribution in [-0.4, -0.2) is 36.4 Å². The van der Waals surface area contributed by atoms with Crippen LogP contribution in [0.3, 0.4) is 0 Å². The largest absolute Gasteiger partial charge is 0.497 e. The summed E-state index contributed by atoms with van der Waals surface area (Å²) in [5.41, 5.74) is 0.895. The van der Waals surface area contributed by atoms with Gasteiger partial charge in [-0.05, 0) is 43.3 Å². The zero-order valence-corrected chi connectivity index (χ0v) is 15.9. The fraction of sp³-hybridized carbons (Fsp3) is 0.211. The predicted octanol–water partition coefficient (Wildman–Crippen LogP) is 3.63. The Morgan fingerprint density at radius 3 is 2.37 bits per heavy atom. The number of para-hydroxylation sites is 2. The molecule has 0 aliphatic rings. The van der Waals surface area contributed by atoms with Crippen LogP contribution in [0.5, 0.6) is 17.2 Å². The van der Waals surface area contributed by atoms with Gasteiger partial charge in [0.25, 0.3) is 5.91 Å². The zero-order chi connectivity index (χ0) is 19.2. The lowest BCUT2D eigenvalue weighted by molar-refractivity contribution is -0.122. The Labute approximate surface area is 160 Å². The van der Waals surface area contributed by atoms with E-state index in [4.69, 9.17) is 14.2 Å². The van der Waals surface area contributed by atoms with Gasteiger partial charge in [0.05, 0.1) is 14.2 Å². The van der Waals surface area contributed by atoms with Crippen molar-refractivity contribution in [3.8, 4) is 27.8 Å². The van der Waals surface area contributed by atoms with Crippen LogP contribution >= 0.6 is 11.3 Å². The number of nitrogens with zero attached hydrogens (tertiary/aromatic N) is 2. The summed E-state index contributed by atoms with van der Waals surface area (Å²) in [7, 11) is 3.16. The molecule has 0 bridgehead atoms. The van der Waals surface area contributed by atoms with Gasteiger partial charge in [-0.2, -0.15) is 0 Å². The van der Waals surface area contributed by atoms with Crippen LogP contribution in [0.25, 0.3) is 10.6 Å². The van der Waals surface area contributed by atoms with Crippen molar-refractivity contribution in [1.82, 2.24) is 10.2 Å². The smallest absolute Gasteiger partial charge is 0.266 e. The normalized spacial score (nSPS) is 11.5. The van der Waals surface area contributed by atoms with Gasteiger partial charge in [-0.3, -0.25) is 10.1 Å². The van der Waals surface area contributed by atoms with Gasteiger partial charge >= 0.3 is 0 Å². The Balaban J connectivity index is 1.64. The van der Waals surface area contributed by atoms with Gasteiger partial charge in [-0.1, -0.05) is 23.5 Å². The maximum Gasteiger partial charge on any atom is 0.266 e. The van der Waals surface area contributed by atoms with E-state index in [-0.39, 0.29) is 5.91 Å². The van der Waals surface area contributed by atoms with E-state index < -0.39 is 6.10 Å². The number of hydrogen-bond donors (Lipinski definition) is 1. The molecule has 0 saturated heterocycles. The molecule has 0 fully saturated rings. The summed E-state index contributed by atoms with van der Waals surface area (Å²) in [5.74, 6) is 1.51. The Morgan fingerprint density at radius 1 is 1.00 bits per heavy atom. The summed E-state index contributed by atoms with van der Waals surface area (Å²) in [4.78, 5) is 12.4. The van der Waals surface area contributed by atoms with Crippen LogP contribution < -0.4 is 19.5 Å². The molecule has 27 heavy (non-hydrogen) atoms. The third-order valence-electron chi connectivity index (χ3n) is 3.73. The highest BCUT2D eigenvalue weighted by Gasteiger charge is 2.18. The van der Waals surface area contributed by atoms with E-state index in [9.17, 15) is 4.79 Å². The lowest BCUT2D eigenvalue weighted by Crippen LogP contribution is -2.30. The van der Waals surface area contributed by atoms with Crippen LogP contribution in [0.15, 0.2) is 48.5 Å². The maximum absolute atomic E-state index is 12.4. The third-order valence-corrected chi connectivity index (χ3v) is 4.62.